The number of carbonyl (C=O) groups excluding carboxylic acids is 1. The minimum atomic E-state index is -0.184. The summed E-state index contributed by atoms with van der Waals surface area (Å²) in [5.41, 5.74) is 0. The largest absolute Gasteiger partial charge is 0.466 e. The van der Waals surface area contributed by atoms with Gasteiger partial charge in [-0.15, -0.1) is 0 Å². The van der Waals surface area contributed by atoms with Crippen LogP contribution in [0.15, 0.2) is 0 Å². The maximum atomic E-state index is 10.6. The number of carbonyl (C=O) groups is 1. The smallest absolute Gasteiger partial charge is 0.308 e. The Hall–Kier alpha value is -0.650. The number of hydrogen-bond donors (Lipinski definition) is 0. The van der Waals surface area contributed by atoms with E-state index in [4.69, 9.17) is 14.2 Å². The van der Waals surface area contributed by atoms with Gasteiger partial charge < -0.3 is 18.9 Å². The van der Waals surface area contributed by atoms with Crippen molar-refractivity contribution in [3.63, 3.8) is 0 Å². The van der Waals surface area contributed by atoms with Crippen LogP contribution in [0, 0.1) is 0 Å². The molecular formula is C14H30O5. The highest BCUT2D eigenvalue weighted by molar-refractivity contribution is 5.69. The molecule has 5 nitrogen and oxygen atoms in total. The Labute approximate surface area is 117 Å². The van der Waals surface area contributed by atoms with E-state index >= 15 is 0 Å². The first-order valence-electron chi connectivity index (χ1n) is 7.04. The molecule has 0 aliphatic heterocycles. The topological polar surface area (TPSA) is 54.0 Å². The van der Waals surface area contributed by atoms with E-state index in [1.54, 1.807) is 6.92 Å². The quantitative estimate of drug-likeness (QED) is 0.454. The van der Waals surface area contributed by atoms with Crippen molar-refractivity contribution >= 4 is 5.97 Å². The average molecular weight is 278 g/mol. The van der Waals surface area contributed by atoms with Gasteiger partial charge in [0.25, 0.3) is 0 Å². The van der Waals surface area contributed by atoms with Crippen LogP contribution >= 0.6 is 0 Å². The highest BCUT2D eigenvalue weighted by atomic mass is 16.5. The molecule has 0 aromatic heterocycles. The molecule has 0 saturated heterocycles. The summed E-state index contributed by atoms with van der Waals surface area (Å²) in [5, 5.41) is 0. The highest BCUT2D eigenvalue weighted by Crippen LogP contribution is 1.90. The molecule has 1 atom stereocenters. The van der Waals surface area contributed by atoms with Crippen molar-refractivity contribution < 1.29 is 23.7 Å². The summed E-state index contributed by atoms with van der Waals surface area (Å²) in [4.78, 5) is 10.6. The van der Waals surface area contributed by atoms with Gasteiger partial charge in [0.2, 0.25) is 0 Å². The van der Waals surface area contributed by atoms with E-state index in [-0.39, 0.29) is 12.1 Å². The first-order valence-corrected chi connectivity index (χ1v) is 7.04. The lowest BCUT2D eigenvalue weighted by molar-refractivity contribution is -0.144. The molecule has 0 N–H and O–H groups in total. The van der Waals surface area contributed by atoms with E-state index in [1.165, 1.54) is 0 Å². The van der Waals surface area contributed by atoms with Gasteiger partial charge >= 0.3 is 5.97 Å². The Kier molecular flexibility index (Phi) is 18.9. The molecule has 0 fully saturated rings. The highest BCUT2D eigenvalue weighted by Gasteiger charge is 1.99. The van der Waals surface area contributed by atoms with E-state index in [0.717, 1.165) is 13.2 Å². The van der Waals surface area contributed by atoms with Crippen LogP contribution in [-0.2, 0) is 23.7 Å². The molecule has 0 aliphatic rings. The van der Waals surface area contributed by atoms with Gasteiger partial charge in [0.05, 0.1) is 32.3 Å². The van der Waals surface area contributed by atoms with Crippen LogP contribution in [-0.4, -0.2) is 51.7 Å². The zero-order valence-electron chi connectivity index (χ0n) is 13.1. The molecule has 0 rings (SSSR count). The molecule has 0 heterocycles. The van der Waals surface area contributed by atoms with Crippen LogP contribution in [0.2, 0.25) is 0 Å². The Morgan fingerprint density at radius 1 is 0.947 bits per heavy atom. The summed E-state index contributed by atoms with van der Waals surface area (Å²) in [5.74, 6) is -0.184. The summed E-state index contributed by atoms with van der Waals surface area (Å²) < 4.78 is 20.0. The van der Waals surface area contributed by atoms with Crippen molar-refractivity contribution in [1.29, 1.82) is 0 Å². The fourth-order valence-electron chi connectivity index (χ4n) is 1.15. The van der Waals surface area contributed by atoms with E-state index < -0.39 is 0 Å². The maximum absolute atomic E-state index is 10.6. The van der Waals surface area contributed by atoms with Crippen molar-refractivity contribution in [3.8, 4) is 0 Å². The first kappa shape index (κ1) is 20.7. The van der Waals surface area contributed by atoms with Gasteiger partial charge in [-0.3, -0.25) is 4.79 Å². The average Bonchev–Trinajstić information content (AvgIpc) is 2.38. The summed E-state index contributed by atoms with van der Waals surface area (Å²) >= 11 is 0. The van der Waals surface area contributed by atoms with Crippen molar-refractivity contribution in [2.45, 2.75) is 47.1 Å². The lowest BCUT2D eigenvalue weighted by Crippen LogP contribution is -2.15. The molecule has 0 aliphatic carbocycles. The summed E-state index contributed by atoms with van der Waals surface area (Å²) in [6.45, 7) is 13.5. The molecule has 116 valence electrons. The van der Waals surface area contributed by atoms with E-state index in [0.29, 0.717) is 32.8 Å². The van der Waals surface area contributed by atoms with Crippen LogP contribution in [0.4, 0.5) is 0 Å². The van der Waals surface area contributed by atoms with E-state index in [1.807, 2.05) is 27.7 Å². The van der Waals surface area contributed by atoms with Gasteiger partial charge in [-0.05, 0) is 34.6 Å². The number of esters is 1. The Balaban J connectivity index is 0. The fraction of sp³-hybridized carbons (Fsp3) is 0.929. The van der Waals surface area contributed by atoms with Gasteiger partial charge in [0, 0.05) is 19.8 Å². The lowest BCUT2D eigenvalue weighted by Gasteiger charge is -2.09. The maximum Gasteiger partial charge on any atom is 0.308 e. The van der Waals surface area contributed by atoms with Crippen LogP contribution in [0.5, 0.6) is 0 Å². The Bertz CT molecular complexity index is 185. The Morgan fingerprint density at radius 2 is 1.58 bits per heavy atom. The van der Waals surface area contributed by atoms with Gasteiger partial charge in [0.15, 0.2) is 0 Å². The minimum Gasteiger partial charge on any atom is -0.466 e. The zero-order valence-corrected chi connectivity index (χ0v) is 13.1. The minimum absolute atomic E-state index is 0.184. The number of ether oxygens (including phenoxy) is 4. The second kappa shape index (κ2) is 17.4. The van der Waals surface area contributed by atoms with Gasteiger partial charge in [-0.25, -0.2) is 0 Å². The molecule has 0 aromatic carbocycles. The number of rotatable bonds is 10. The molecule has 0 aromatic rings. The fourth-order valence-corrected chi connectivity index (χ4v) is 1.15. The molecule has 0 amide bonds. The SMILES string of the molecule is CCOCC(C)OCC.CCOCCC(=O)OCC. The molecule has 19 heavy (non-hydrogen) atoms. The van der Waals surface area contributed by atoms with Gasteiger partial charge in [0.1, 0.15) is 0 Å². The van der Waals surface area contributed by atoms with Gasteiger partial charge in [-0.1, -0.05) is 0 Å². The molecular weight excluding hydrogens is 248 g/mol. The lowest BCUT2D eigenvalue weighted by atomic mass is 10.4. The number of hydrogen-bond acceptors (Lipinski definition) is 5. The first-order chi connectivity index (χ1) is 9.12. The molecule has 0 spiro atoms. The third kappa shape index (κ3) is 19.9. The monoisotopic (exact) mass is 278 g/mol. The summed E-state index contributed by atoms with van der Waals surface area (Å²) in [6, 6.07) is 0. The molecule has 0 bridgehead atoms. The van der Waals surface area contributed by atoms with E-state index in [2.05, 4.69) is 4.74 Å². The molecule has 0 saturated carbocycles. The predicted octanol–water partition coefficient (Wildman–Crippen LogP) is 2.42. The van der Waals surface area contributed by atoms with Crippen molar-refractivity contribution in [3.05, 3.63) is 0 Å². The predicted molar refractivity (Wildman–Crippen MR) is 75.3 cm³/mol. The van der Waals surface area contributed by atoms with Crippen molar-refractivity contribution in [2.75, 3.05) is 39.6 Å². The summed E-state index contributed by atoms with van der Waals surface area (Å²) in [7, 11) is 0. The van der Waals surface area contributed by atoms with Crippen LogP contribution in [0.1, 0.15) is 41.0 Å². The van der Waals surface area contributed by atoms with Crippen molar-refractivity contribution in [2.24, 2.45) is 0 Å². The van der Waals surface area contributed by atoms with Crippen LogP contribution in [0.25, 0.3) is 0 Å². The van der Waals surface area contributed by atoms with E-state index in [9.17, 15) is 4.79 Å². The van der Waals surface area contributed by atoms with Crippen LogP contribution in [0.3, 0.4) is 0 Å². The summed E-state index contributed by atoms with van der Waals surface area (Å²) in [6.07, 6.45) is 0.608. The second-order valence-corrected chi connectivity index (χ2v) is 3.68. The molecule has 0 radical (unpaired) electrons. The Morgan fingerprint density at radius 3 is 2.05 bits per heavy atom. The van der Waals surface area contributed by atoms with Gasteiger partial charge in [-0.2, -0.15) is 0 Å². The van der Waals surface area contributed by atoms with Crippen molar-refractivity contribution in [1.82, 2.24) is 0 Å². The normalized spacial score (nSPS) is 11.4. The molecule has 1 unspecified atom stereocenters. The van der Waals surface area contributed by atoms with Crippen LogP contribution < -0.4 is 0 Å². The molecule has 5 heteroatoms. The second-order valence-electron chi connectivity index (χ2n) is 3.68. The third-order valence-electron chi connectivity index (χ3n) is 1.97. The third-order valence-corrected chi connectivity index (χ3v) is 1.97. The zero-order chi connectivity index (χ0) is 14.9. The standard InChI is InChI=1S/C7H14O3.C7H16O2/c1-3-9-6-5-7(8)10-4-2;1-4-8-6-7(3)9-5-2/h3-6H2,1-2H3;7H,4-6H2,1-3H3.